The lowest BCUT2D eigenvalue weighted by Gasteiger charge is -2.09. The molecule has 17 heavy (non-hydrogen) atoms. The molecule has 1 aromatic rings. The minimum absolute atomic E-state index is 0.102. The Hall–Kier alpha value is -2.44. The predicted molar refractivity (Wildman–Crippen MR) is 61.5 cm³/mol. The number of methoxy groups -OCH3 is 2. The fourth-order valence-corrected chi connectivity index (χ4v) is 1.16. The van der Waals surface area contributed by atoms with Crippen LogP contribution in [-0.2, 0) is 0 Å². The van der Waals surface area contributed by atoms with Gasteiger partial charge in [0.1, 0.15) is 0 Å². The number of nitrogens with one attached hydrogen (secondary N) is 1. The van der Waals surface area contributed by atoms with Crippen molar-refractivity contribution < 1.29 is 19.4 Å². The van der Waals surface area contributed by atoms with Crippen LogP contribution >= 0.6 is 0 Å². The fraction of sp³-hybridized carbons (Fsp3) is 0.200. The maximum atomic E-state index is 10.4. The molecule has 4 N–H and O–H groups in total. The standard InChI is InChI=1S/C10H13N3O4/c1-16-7-3-6(5-12-13-10(11)15)4-8(17-2)9(7)14/h3-5,14H,1-2H3,(H3,11,13,15). The van der Waals surface area contributed by atoms with Crippen molar-refractivity contribution in [3.05, 3.63) is 17.7 Å². The van der Waals surface area contributed by atoms with Crippen molar-refractivity contribution in [2.75, 3.05) is 14.2 Å². The Morgan fingerprint density at radius 3 is 2.35 bits per heavy atom. The molecule has 7 nitrogen and oxygen atoms in total. The lowest BCUT2D eigenvalue weighted by molar-refractivity contribution is 0.249. The second-order valence-electron chi connectivity index (χ2n) is 3.01. The number of urea groups is 1. The van der Waals surface area contributed by atoms with E-state index in [2.05, 4.69) is 5.10 Å². The zero-order chi connectivity index (χ0) is 12.8. The Balaban J connectivity index is 3.00. The maximum Gasteiger partial charge on any atom is 0.332 e. The summed E-state index contributed by atoms with van der Waals surface area (Å²) in [6, 6.07) is 2.30. The first kappa shape index (κ1) is 12.6. The summed E-state index contributed by atoms with van der Waals surface area (Å²) in [5.41, 5.74) is 7.46. The summed E-state index contributed by atoms with van der Waals surface area (Å²) in [6.45, 7) is 0. The van der Waals surface area contributed by atoms with E-state index in [0.29, 0.717) is 5.56 Å². The number of carbonyl (C=O) groups is 1. The van der Waals surface area contributed by atoms with Crippen LogP contribution in [-0.4, -0.2) is 31.6 Å². The maximum absolute atomic E-state index is 10.4. The number of aromatic hydroxyl groups is 1. The molecular formula is C10H13N3O4. The Morgan fingerprint density at radius 2 is 1.94 bits per heavy atom. The third-order valence-electron chi connectivity index (χ3n) is 1.89. The highest BCUT2D eigenvalue weighted by atomic mass is 16.5. The molecular weight excluding hydrogens is 226 g/mol. The topological polar surface area (TPSA) is 106 Å². The van der Waals surface area contributed by atoms with E-state index >= 15 is 0 Å². The summed E-state index contributed by atoms with van der Waals surface area (Å²) in [5, 5.41) is 13.2. The van der Waals surface area contributed by atoms with E-state index in [-0.39, 0.29) is 17.2 Å². The number of hydrogen-bond donors (Lipinski definition) is 3. The molecule has 0 unspecified atom stereocenters. The molecule has 1 aromatic carbocycles. The number of ether oxygens (including phenoxy) is 2. The lowest BCUT2D eigenvalue weighted by Crippen LogP contribution is -2.24. The van der Waals surface area contributed by atoms with Crippen molar-refractivity contribution in [3.63, 3.8) is 0 Å². The normalized spacial score (nSPS) is 10.2. The molecule has 0 aliphatic heterocycles. The molecule has 0 fully saturated rings. The van der Waals surface area contributed by atoms with E-state index in [9.17, 15) is 9.90 Å². The molecule has 0 spiro atoms. The van der Waals surface area contributed by atoms with Crippen molar-refractivity contribution in [2.45, 2.75) is 0 Å². The number of benzene rings is 1. The van der Waals surface area contributed by atoms with E-state index in [1.54, 1.807) is 0 Å². The molecule has 7 heteroatoms. The Kier molecular flexibility index (Phi) is 4.15. The summed E-state index contributed by atoms with van der Waals surface area (Å²) in [4.78, 5) is 10.4. The van der Waals surface area contributed by atoms with Gasteiger partial charge in [0.05, 0.1) is 20.4 Å². The van der Waals surface area contributed by atoms with E-state index < -0.39 is 6.03 Å². The van der Waals surface area contributed by atoms with Crippen LogP contribution in [0, 0.1) is 0 Å². The van der Waals surface area contributed by atoms with Gasteiger partial charge in [0.2, 0.25) is 5.75 Å². The second kappa shape index (κ2) is 5.59. The molecule has 1 rings (SSSR count). The number of carbonyl (C=O) groups excluding carboxylic acids is 1. The number of amides is 2. The van der Waals surface area contributed by atoms with Crippen LogP contribution in [0.15, 0.2) is 17.2 Å². The predicted octanol–water partition coefficient (Wildman–Crippen LogP) is 0.412. The van der Waals surface area contributed by atoms with Gasteiger partial charge < -0.3 is 20.3 Å². The van der Waals surface area contributed by atoms with E-state index in [1.165, 1.54) is 32.6 Å². The Labute approximate surface area is 97.8 Å². The summed E-state index contributed by atoms with van der Waals surface area (Å²) >= 11 is 0. The van der Waals surface area contributed by atoms with Crippen molar-refractivity contribution >= 4 is 12.2 Å². The van der Waals surface area contributed by atoms with Gasteiger partial charge >= 0.3 is 6.03 Å². The Bertz CT molecular complexity index is 420. The molecule has 0 saturated heterocycles. The van der Waals surface area contributed by atoms with Gasteiger partial charge in [0.25, 0.3) is 0 Å². The van der Waals surface area contributed by atoms with E-state index in [4.69, 9.17) is 15.2 Å². The van der Waals surface area contributed by atoms with Gasteiger partial charge in [-0.15, -0.1) is 0 Å². The highest BCUT2D eigenvalue weighted by molar-refractivity contribution is 5.83. The molecule has 0 aliphatic rings. The molecule has 0 atom stereocenters. The first-order valence-electron chi connectivity index (χ1n) is 4.62. The van der Waals surface area contributed by atoms with E-state index in [0.717, 1.165) is 0 Å². The molecule has 0 radical (unpaired) electrons. The molecule has 2 amide bonds. The average molecular weight is 239 g/mol. The number of primary amides is 1. The summed E-state index contributed by atoms with van der Waals surface area (Å²) < 4.78 is 9.90. The molecule has 0 bridgehead atoms. The lowest BCUT2D eigenvalue weighted by atomic mass is 10.2. The van der Waals surface area contributed by atoms with Gasteiger partial charge in [-0.05, 0) is 12.1 Å². The number of nitrogens with two attached hydrogens (primary N) is 1. The van der Waals surface area contributed by atoms with Crippen molar-refractivity contribution in [2.24, 2.45) is 10.8 Å². The fourth-order valence-electron chi connectivity index (χ4n) is 1.16. The van der Waals surface area contributed by atoms with Gasteiger partial charge in [-0.2, -0.15) is 5.10 Å². The molecule has 0 aliphatic carbocycles. The number of rotatable bonds is 4. The summed E-state index contributed by atoms with van der Waals surface area (Å²) in [6.07, 6.45) is 1.34. The smallest absolute Gasteiger partial charge is 0.332 e. The van der Waals surface area contributed by atoms with Crippen LogP contribution in [0.2, 0.25) is 0 Å². The number of hydrogen-bond acceptors (Lipinski definition) is 5. The number of phenols is 1. The minimum atomic E-state index is -0.765. The van der Waals surface area contributed by atoms with Crippen molar-refractivity contribution in [1.29, 1.82) is 0 Å². The average Bonchev–Trinajstić information content (AvgIpc) is 2.30. The number of hydrazone groups is 1. The van der Waals surface area contributed by atoms with Crippen LogP contribution in [0.5, 0.6) is 17.2 Å². The summed E-state index contributed by atoms with van der Waals surface area (Å²) in [7, 11) is 2.83. The van der Waals surface area contributed by atoms with Crippen molar-refractivity contribution in [1.82, 2.24) is 5.43 Å². The summed E-state index contributed by atoms with van der Waals surface area (Å²) in [5.74, 6) is 0.379. The zero-order valence-electron chi connectivity index (χ0n) is 9.43. The largest absolute Gasteiger partial charge is 0.502 e. The monoisotopic (exact) mass is 239 g/mol. The van der Waals surface area contributed by atoms with Crippen molar-refractivity contribution in [3.8, 4) is 17.2 Å². The third-order valence-corrected chi connectivity index (χ3v) is 1.89. The third kappa shape index (κ3) is 3.26. The molecule has 92 valence electrons. The minimum Gasteiger partial charge on any atom is -0.502 e. The zero-order valence-corrected chi connectivity index (χ0v) is 9.43. The van der Waals surface area contributed by atoms with Gasteiger partial charge in [-0.3, -0.25) is 0 Å². The molecule has 0 saturated carbocycles. The van der Waals surface area contributed by atoms with E-state index in [1.807, 2.05) is 5.43 Å². The highest BCUT2D eigenvalue weighted by Gasteiger charge is 2.09. The number of phenolic OH excluding ortho intramolecular Hbond substituents is 1. The second-order valence-corrected chi connectivity index (χ2v) is 3.01. The van der Waals surface area contributed by atoms with Crippen LogP contribution in [0.1, 0.15) is 5.56 Å². The van der Waals surface area contributed by atoms with Gasteiger partial charge in [0, 0.05) is 5.56 Å². The van der Waals surface area contributed by atoms with Gasteiger partial charge in [0.15, 0.2) is 11.5 Å². The van der Waals surface area contributed by atoms with Gasteiger partial charge in [-0.25, -0.2) is 10.2 Å². The molecule has 0 heterocycles. The molecule has 0 aromatic heterocycles. The van der Waals surface area contributed by atoms with Crippen LogP contribution in [0.25, 0.3) is 0 Å². The quantitative estimate of drug-likeness (QED) is 0.522. The Morgan fingerprint density at radius 1 is 1.41 bits per heavy atom. The SMILES string of the molecule is COc1cc(C=NNC(N)=O)cc(OC)c1O. The van der Waals surface area contributed by atoms with Crippen LogP contribution < -0.4 is 20.6 Å². The van der Waals surface area contributed by atoms with Crippen LogP contribution in [0.3, 0.4) is 0 Å². The van der Waals surface area contributed by atoms with Gasteiger partial charge in [-0.1, -0.05) is 0 Å². The van der Waals surface area contributed by atoms with Crippen LogP contribution in [0.4, 0.5) is 4.79 Å². The number of nitrogens with zero attached hydrogens (tertiary/aromatic N) is 1. The first-order valence-corrected chi connectivity index (χ1v) is 4.62. The highest BCUT2D eigenvalue weighted by Crippen LogP contribution is 2.36. The first-order chi connectivity index (χ1) is 8.08.